The van der Waals surface area contributed by atoms with Crippen LogP contribution < -0.4 is 15.4 Å². The van der Waals surface area contributed by atoms with E-state index in [1.54, 1.807) is 7.11 Å². The Balaban J connectivity index is 1.22. The average molecular weight is 432 g/mol. The van der Waals surface area contributed by atoms with Crippen LogP contribution in [0, 0.1) is 0 Å². The zero-order valence-corrected chi connectivity index (χ0v) is 18.4. The smallest absolute Gasteiger partial charge is 0.227 e. The molecule has 0 saturated carbocycles. The molecule has 2 heterocycles. The number of anilines is 2. The molecule has 0 bridgehead atoms. The van der Waals surface area contributed by atoms with Gasteiger partial charge in [-0.05, 0) is 54.8 Å². The Morgan fingerprint density at radius 3 is 2.41 bits per heavy atom. The number of hydrogen-bond acceptors (Lipinski definition) is 6. The number of nitrogens with one attached hydrogen (secondary N) is 2. The van der Waals surface area contributed by atoms with E-state index in [0.717, 1.165) is 61.6 Å². The van der Waals surface area contributed by atoms with Crippen LogP contribution in [0.3, 0.4) is 0 Å². The highest BCUT2D eigenvalue weighted by Gasteiger charge is 2.18. The molecule has 166 valence electrons. The Bertz CT molecular complexity index is 1000. The van der Waals surface area contributed by atoms with E-state index in [2.05, 4.69) is 32.7 Å². The average Bonchev–Trinajstić information content (AvgIpc) is 3.25. The fraction of sp³-hybridized carbons (Fsp3) is 0.320. The van der Waals surface area contributed by atoms with Crippen LogP contribution in [-0.4, -0.2) is 47.5 Å². The molecule has 1 aliphatic heterocycles. The van der Waals surface area contributed by atoms with E-state index in [4.69, 9.17) is 4.74 Å². The number of nitrogens with zero attached hydrogens (tertiary/aromatic N) is 3. The van der Waals surface area contributed by atoms with Crippen LogP contribution >= 0.6 is 0 Å². The predicted molar refractivity (Wildman–Crippen MR) is 126 cm³/mol. The summed E-state index contributed by atoms with van der Waals surface area (Å²) in [6.07, 6.45) is 6.32. The van der Waals surface area contributed by atoms with Crippen molar-refractivity contribution in [1.82, 2.24) is 20.2 Å². The topological polar surface area (TPSA) is 79.4 Å². The number of carbonyl (C=O) groups excluding carboxylic acids is 1. The highest BCUT2D eigenvalue weighted by Crippen LogP contribution is 2.22. The molecule has 0 aliphatic carbocycles. The molecule has 1 saturated heterocycles. The quantitative estimate of drug-likeness (QED) is 0.473. The molecule has 7 heteroatoms. The first kappa shape index (κ1) is 21.8. The summed E-state index contributed by atoms with van der Waals surface area (Å²) in [6, 6.07) is 16.1. The van der Waals surface area contributed by atoms with E-state index < -0.39 is 0 Å². The fourth-order valence-corrected chi connectivity index (χ4v) is 3.73. The second-order valence-corrected chi connectivity index (χ2v) is 7.86. The van der Waals surface area contributed by atoms with Crippen molar-refractivity contribution >= 4 is 17.5 Å². The normalized spacial score (nSPS) is 13.4. The van der Waals surface area contributed by atoms with Crippen LogP contribution in [0.25, 0.3) is 11.1 Å². The molecule has 1 fully saturated rings. The number of aromatic nitrogens is 2. The summed E-state index contributed by atoms with van der Waals surface area (Å²) in [6.45, 7) is 3.48. The first-order valence-electron chi connectivity index (χ1n) is 11.0. The molecule has 2 N–H and O–H groups in total. The number of carbonyl (C=O) groups is 1. The van der Waals surface area contributed by atoms with Crippen molar-refractivity contribution in [2.45, 2.75) is 25.8 Å². The number of rotatable bonds is 10. The molecule has 3 aromatic rings. The van der Waals surface area contributed by atoms with Gasteiger partial charge in [0.05, 0.1) is 7.11 Å². The third kappa shape index (κ3) is 5.82. The number of hydrogen-bond donors (Lipinski definition) is 2. The molecule has 1 aromatic heterocycles. The Kier molecular flexibility index (Phi) is 7.30. The first-order valence-corrected chi connectivity index (χ1v) is 11.0. The molecular formula is C25H29N5O2. The van der Waals surface area contributed by atoms with Gasteiger partial charge in [0.15, 0.2) is 0 Å². The van der Waals surface area contributed by atoms with E-state index >= 15 is 0 Å². The third-order valence-electron chi connectivity index (χ3n) is 5.57. The molecule has 0 unspecified atom stereocenters. The van der Waals surface area contributed by atoms with Gasteiger partial charge >= 0.3 is 0 Å². The minimum atomic E-state index is 0.299. The van der Waals surface area contributed by atoms with Gasteiger partial charge < -0.3 is 20.3 Å². The van der Waals surface area contributed by atoms with Crippen LogP contribution in [0.5, 0.6) is 5.75 Å². The lowest BCUT2D eigenvalue weighted by atomic mass is 10.1. The molecular weight excluding hydrogens is 402 g/mol. The highest BCUT2D eigenvalue weighted by molar-refractivity contribution is 5.78. The van der Waals surface area contributed by atoms with Crippen LogP contribution in [0.2, 0.25) is 0 Å². The molecule has 32 heavy (non-hydrogen) atoms. The summed E-state index contributed by atoms with van der Waals surface area (Å²) in [7, 11) is 1.65. The summed E-state index contributed by atoms with van der Waals surface area (Å²) in [5.41, 5.74) is 4.15. The summed E-state index contributed by atoms with van der Waals surface area (Å²) >= 11 is 0. The molecule has 0 spiro atoms. The van der Waals surface area contributed by atoms with Gasteiger partial charge in [0.1, 0.15) is 5.75 Å². The van der Waals surface area contributed by atoms with Crippen LogP contribution in [0.1, 0.15) is 24.8 Å². The van der Waals surface area contributed by atoms with Crippen molar-refractivity contribution in [1.29, 1.82) is 0 Å². The third-order valence-corrected chi connectivity index (χ3v) is 5.57. The van der Waals surface area contributed by atoms with Gasteiger partial charge in [0.2, 0.25) is 11.9 Å². The zero-order valence-electron chi connectivity index (χ0n) is 18.4. The zero-order chi connectivity index (χ0) is 22.2. The van der Waals surface area contributed by atoms with Crippen molar-refractivity contribution in [2.24, 2.45) is 0 Å². The molecule has 1 aliphatic rings. The number of methoxy groups -OCH3 is 1. The molecule has 1 amide bonds. The SMILES string of the molecule is COc1ccc(-c2cnc(Nc3ccc(CNCCCN4CCCC4=O)cc3)nc2)cc1. The monoisotopic (exact) mass is 431 g/mol. The minimum absolute atomic E-state index is 0.299. The largest absolute Gasteiger partial charge is 0.497 e. The van der Waals surface area contributed by atoms with Crippen molar-refractivity contribution in [3.63, 3.8) is 0 Å². The van der Waals surface area contributed by atoms with Crippen molar-refractivity contribution in [3.8, 4) is 16.9 Å². The Morgan fingerprint density at radius 1 is 1.00 bits per heavy atom. The van der Waals surface area contributed by atoms with Crippen molar-refractivity contribution in [2.75, 3.05) is 32.1 Å². The maximum Gasteiger partial charge on any atom is 0.227 e. The maximum atomic E-state index is 11.6. The Hall–Kier alpha value is -3.45. The molecule has 0 radical (unpaired) electrons. The van der Waals surface area contributed by atoms with Gasteiger partial charge in [-0.2, -0.15) is 0 Å². The van der Waals surface area contributed by atoms with E-state index in [-0.39, 0.29) is 0 Å². The maximum absolute atomic E-state index is 11.6. The standard InChI is InChI=1S/C25H29N5O2/c1-32-23-11-7-20(8-12-23)21-17-27-25(28-18-21)29-22-9-5-19(6-10-22)16-26-13-3-15-30-14-2-4-24(30)31/h5-12,17-18,26H,2-4,13-16H2,1H3,(H,27,28,29). The molecule has 4 rings (SSSR count). The summed E-state index contributed by atoms with van der Waals surface area (Å²) in [4.78, 5) is 22.4. The first-order chi connectivity index (χ1) is 15.7. The van der Waals surface area contributed by atoms with E-state index in [9.17, 15) is 4.79 Å². The van der Waals surface area contributed by atoms with Crippen LogP contribution in [0.4, 0.5) is 11.6 Å². The van der Waals surface area contributed by atoms with E-state index in [1.807, 2.05) is 53.7 Å². The van der Waals surface area contributed by atoms with Crippen LogP contribution in [-0.2, 0) is 11.3 Å². The van der Waals surface area contributed by atoms with Crippen LogP contribution in [0.15, 0.2) is 60.9 Å². The van der Waals surface area contributed by atoms with Gasteiger partial charge in [-0.1, -0.05) is 24.3 Å². The van der Waals surface area contributed by atoms with Crippen molar-refractivity contribution in [3.05, 3.63) is 66.5 Å². The molecule has 2 aromatic carbocycles. The van der Waals surface area contributed by atoms with Crippen molar-refractivity contribution < 1.29 is 9.53 Å². The fourth-order valence-electron chi connectivity index (χ4n) is 3.73. The lowest BCUT2D eigenvalue weighted by Gasteiger charge is -2.15. The Labute approximate surface area is 188 Å². The lowest BCUT2D eigenvalue weighted by molar-refractivity contribution is -0.127. The van der Waals surface area contributed by atoms with E-state index in [1.165, 1.54) is 5.56 Å². The van der Waals surface area contributed by atoms with Gasteiger partial charge in [-0.3, -0.25) is 4.79 Å². The van der Waals surface area contributed by atoms with Gasteiger partial charge in [-0.15, -0.1) is 0 Å². The summed E-state index contributed by atoms with van der Waals surface area (Å²) in [5, 5.41) is 6.69. The van der Waals surface area contributed by atoms with E-state index in [0.29, 0.717) is 18.3 Å². The van der Waals surface area contributed by atoms with Gasteiger partial charge in [0, 0.05) is 49.7 Å². The lowest BCUT2D eigenvalue weighted by Crippen LogP contribution is -2.28. The number of benzene rings is 2. The predicted octanol–water partition coefficient (Wildman–Crippen LogP) is 4.00. The van der Waals surface area contributed by atoms with Gasteiger partial charge in [0.25, 0.3) is 0 Å². The highest BCUT2D eigenvalue weighted by atomic mass is 16.5. The molecule has 0 atom stereocenters. The number of ether oxygens (including phenoxy) is 1. The molecule has 7 nitrogen and oxygen atoms in total. The second kappa shape index (κ2) is 10.7. The Morgan fingerprint density at radius 2 is 1.75 bits per heavy atom. The number of likely N-dealkylation sites (tertiary alicyclic amines) is 1. The minimum Gasteiger partial charge on any atom is -0.497 e. The number of amides is 1. The summed E-state index contributed by atoms with van der Waals surface area (Å²) in [5.74, 6) is 1.68. The van der Waals surface area contributed by atoms with Gasteiger partial charge in [-0.25, -0.2) is 9.97 Å². The summed E-state index contributed by atoms with van der Waals surface area (Å²) < 4.78 is 5.20. The second-order valence-electron chi connectivity index (χ2n) is 7.86.